The highest BCUT2D eigenvalue weighted by Gasteiger charge is 2.17. The fraction of sp³-hybridized carbons (Fsp3) is 0.538. The third kappa shape index (κ3) is 4.04. The van der Waals surface area contributed by atoms with Crippen molar-refractivity contribution in [2.45, 2.75) is 38.5 Å². The van der Waals surface area contributed by atoms with Gasteiger partial charge in [0.2, 0.25) is 0 Å². The Morgan fingerprint density at radius 2 is 1.94 bits per heavy atom. The molecule has 0 aromatic heterocycles. The number of anilines is 1. The van der Waals surface area contributed by atoms with Gasteiger partial charge in [-0.3, -0.25) is 0 Å². The van der Waals surface area contributed by atoms with E-state index in [4.69, 9.17) is 5.73 Å². The Morgan fingerprint density at radius 1 is 1.29 bits per heavy atom. The van der Waals surface area contributed by atoms with Gasteiger partial charge in [-0.2, -0.15) is 0 Å². The quantitative estimate of drug-likeness (QED) is 0.823. The van der Waals surface area contributed by atoms with Crippen molar-refractivity contribution in [3.05, 3.63) is 23.8 Å². The topological polar surface area (TPSA) is 60.2 Å². The molecule has 0 aliphatic carbocycles. The van der Waals surface area contributed by atoms with Crippen LogP contribution >= 0.6 is 0 Å². The fourth-order valence-electron chi connectivity index (χ4n) is 1.74. The van der Waals surface area contributed by atoms with E-state index in [-0.39, 0.29) is 10.6 Å². The van der Waals surface area contributed by atoms with Gasteiger partial charge >= 0.3 is 0 Å². The summed E-state index contributed by atoms with van der Waals surface area (Å²) >= 11 is 0. The zero-order valence-corrected chi connectivity index (χ0v) is 11.5. The molecule has 3 nitrogen and oxygen atoms in total. The van der Waals surface area contributed by atoms with Crippen molar-refractivity contribution in [2.75, 3.05) is 11.5 Å². The predicted molar refractivity (Wildman–Crippen MR) is 71.7 cm³/mol. The van der Waals surface area contributed by atoms with Gasteiger partial charge in [0.15, 0.2) is 9.84 Å². The molecule has 0 bridgehead atoms. The van der Waals surface area contributed by atoms with E-state index in [1.165, 1.54) is 0 Å². The van der Waals surface area contributed by atoms with Crippen molar-refractivity contribution in [1.29, 1.82) is 0 Å². The Bertz CT molecular complexity index is 478. The second kappa shape index (κ2) is 5.54. The molecule has 0 saturated carbocycles. The van der Waals surface area contributed by atoms with E-state index < -0.39 is 9.84 Å². The highest BCUT2D eigenvalue weighted by Crippen LogP contribution is 2.22. The van der Waals surface area contributed by atoms with Gasteiger partial charge in [-0.1, -0.05) is 19.9 Å². The van der Waals surface area contributed by atoms with Gasteiger partial charge in [0, 0.05) is 0 Å². The molecule has 0 aliphatic rings. The number of benzene rings is 1. The Labute approximate surface area is 104 Å². The van der Waals surface area contributed by atoms with Gasteiger partial charge in [-0.05, 0) is 43.4 Å². The molecule has 96 valence electrons. The number of nitrogen functional groups attached to an aromatic ring is 1. The van der Waals surface area contributed by atoms with Gasteiger partial charge < -0.3 is 5.73 Å². The molecule has 2 N–H and O–H groups in total. The molecule has 0 radical (unpaired) electrons. The van der Waals surface area contributed by atoms with E-state index in [1.54, 1.807) is 18.2 Å². The summed E-state index contributed by atoms with van der Waals surface area (Å²) in [5.74, 6) is 0.707. The van der Waals surface area contributed by atoms with Crippen LogP contribution in [0.15, 0.2) is 23.1 Å². The zero-order chi connectivity index (χ0) is 13.1. The zero-order valence-electron chi connectivity index (χ0n) is 10.7. The van der Waals surface area contributed by atoms with Gasteiger partial charge in [-0.15, -0.1) is 0 Å². The van der Waals surface area contributed by atoms with Crippen molar-refractivity contribution in [3.8, 4) is 0 Å². The largest absolute Gasteiger partial charge is 0.398 e. The second-order valence-electron chi connectivity index (χ2n) is 4.90. The molecule has 17 heavy (non-hydrogen) atoms. The van der Waals surface area contributed by atoms with Crippen LogP contribution < -0.4 is 5.73 Å². The summed E-state index contributed by atoms with van der Waals surface area (Å²) in [5, 5.41) is 0. The molecule has 1 rings (SSSR count). The fourth-order valence-corrected chi connectivity index (χ4v) is 3.20. The second-order valence-corrected chi connectivity index (χ2v) is 6.97. The molecule has 4 heteroatoms. The van der Waals surface area contributed by atoms with Crippen LogP contribution in [0.25, 0.3) is 0 Å². The lowest BCUT2D eigenvalue weighted by Crippen LogP contribution is -2.10. The summed E-state index contributed by atoms with van der Waals surface area (Å²) in [6.45, 7) is 6.07. The molecule has 0 fully saturated rings. The smallest absolute Gasteiger partial charge is 0.180 e. The maximum absolute atomic E-state index is 12.1. The van der Waals surface area contributed by atoms with Crippen molar-refractivity contribution >= 4 is 15.5 Å². The van der Waals surface area contributed by atoms with E-state index >= 15 is 0 Å². The van der Waals surface area contributed by atoms with Crippen molar-refractivity contribution in [3.63, 3.8) is 0 Å². The number of hydrogen-bond donors (Lipinski definition) is 1. The van der Waals surface area contributed by atoms with Gasteiger partial charge in [0.05, 0.1) is 16.3 Å². The Kier molecular flexibility index (Phi) is 4.57. The molecular weight excluding hydrogens is 234 g/mol. The first-order valence-corrected chi connectivity index (χ1v) is 7.57. The lowest BCUT2D eigenvalue weighted by atomic mass is 10.1. The standard InChI is InChI=1S/C13H21NO2S/c1-10(2)5-4-8-17(15,16)13-7-6-11(3)9-12(13)14/h6-7,9-10H,4-5,8,14H2,1-3H3. The lowest BCUT2D eigenvalue weighted by molar-refractivity contribution is 0.560. The lowest BCUT2D eigenvalue weighted by Gasteiger charge is -2.09. The van der Waals surface area contributed by atoms with E-state index in [1.807, 2.05) is 6.92 Å². The van der Waals surface area contributed by atoms with Crippen LogP contribution in [0, 0.1) is 12.8 Å². The predicted octanol–water partition coefficient (Wildman–Crippen LogP) is 2.79. The average Bonchev–Trinajstić information content (AvgIpc) is 2.15. The first-order valence-electron chi connectivity index (χ1n) is 5.92. The molecule has 1 aromatic carbocycles. The SMILES string of the molecule is Cc1ccc(S(=O)(=O)CCCC(C)C)c(N)c1. The van der Waals surface area contributed by atoms with E-state index in [2.05, 4.69) is 13.8 Å². The average molecular weight is 255 g/mol. The normalized spacial score (nSPS) is 12.0. The summed E-state index contributed by atoms with van der Waals surface area (Å²) in [6.07, 6.45) is 1.61. The molecule has 0 heterocycles. The molecule has 0 unspecified atom stereocenters. The highest BCUT2D eigenvalue weighted by atomic mass is 32.2. The van der Waals surface area contributed by atoms with Crippen LogP contribution in [0.4, 0.5) is 5.69 Å². The summed E-state index contributed by atoms with van der Waals surface area (Å²) in [6, 6.07) is 5.09. The highest BCUT2D eigenvalue weighted by molar-refractivity contribution is 7.91. The molecule has 0 aliphatic heterocycles. The Balaban J connectivity index is 2.83. The number of sulfone groups is 1. The van der Waals surface area contributed by atoms with E-state index in [9.17, 15) is 8.42 Å². The number of rotatable bonds is 5. The molecule has 0 atom stereocenters. The minimum atomic E-state index is -3.23. The molecule has 0 spiro atoms. The Hall–Kier alpha value is -1.03. The molecular formula is C13H21NO2S. The van der Waals surface area contributed by atoms with Crippen molar-refractivity contribution in [2.24, 2.45) is 5.92 Å². The Morgan fingerprint density at radius 3 is 2.47 bits per heavy atom. The van der Waals surface area contributed by atoms with Crippen LogP contribution in [0.3, 0.4) is 0 Å². The van der Waals surface area contributed by atoms with Gasteiger partial charge in [0.25, 0.3) is 0 Å². The third-order valence-electron chi connectivity index (χ3n) is 2.69. The number of aryl methyl sites for hydroxylation is 1. The molecule has 1 aromatic rings. The summed E-state index contributed by atoms with van der Waals surface area (Å²) in [5.41, 5.74) is 7.09. The van der Waals surface area contributed by atoms with Gasteiger partial charge in [-0.25, -0.2) is 8.42 Å². The first-order chi connectivity index (χ1) is 7.83. The van der Waals surface area contributed by atoms with Crippen LogP contribution in [0.1, 0.15) is 32.3 Å². The van der Waals surface area contributed by atoms with E-state index in [0.29, 0.717) is 18.0 Å². The van der Waals surface area contributed by atoms with E-state index in [0.717, 1.165) is 12.0 Å². The van der Waals surface area contributed by atoms with Crippen LogP contribution in [0.2, 0.25) is 0 Å². The maximum Gasteiger partial charge on any atom is 0.180 e. The number of nitrogens with two attached hydrogens (primary N) is 1. The first kappa shape index (κ1) is 14.0. The maximum atomic E-state index is 12.1. The third-order valence-corrected chi connectivity index (χ3v) is 4.56. The monoisotopic (exact) mass is 255 g/mol. The minimum Gasteiger partial charge on any atom is -0.398 e. The molecule has 0 saturated heterocycles. The number of hydrogen-bond acceptors (Lipinski definition) is 3. The summed E-state index contributed by atoms with van der Waals surface area (Å²) < 4.78 is 24.1. The van der Waals surface area contributed by atoms with Crippen LogP contribution in [-0.4, -0.2) is 14.2 Å². The summed E-state index contributed by atoms with van der Waals surface area (Å²) in [4.78, 5) is 0.270. The van der Waals surface area contributed by atoms with Gasteiger partial charge in [0.1, 0.15) is 0 Å². The minimum absolute atomic E-state index is 0.179. The van der Waals surface area contributed by atoms with Crippen LogP contribution in [-0.2, 0) is 9.84 Å². The summed E-state index contributed by atoms with van der Waals surface area (Å²) in [7, 11) is -3.23. The van der Waals surface area contributed by atoms with Crippen molar-refractivity contribution in [1.82, 2.24) is 0 Å². The molecule has 0 amide bonds. The van der Waals surface area contributed by atoms with Crippen molar-refractivity contribution < 1.29 is 8.42 Å². The van der Waals surface area contributed by atoms with Crippen LogP contribution in [0.5, 0.6) is 0 Å².